The molecule has 0 unspecified atom stereocenters. The number of rotatable bonds is 9. The Morgan fingerprint density at radius 3 is 1.25 bits per heavy atom. The maximum Gasteiger partial charge on any atom is 0.0491 e. The largest absolute Gasteiger partial charge is 0.310 e. The van der Waals surface area contributed by atoms with Crippen LogP contribution in [0.15, 0.2) is 224 Å². The van der Waals surface area contributed by atoms with Crippen molar-refractivity contribution in [1.29, 1.82) is 0 Å². The molecule has 0 N–H and O–H groups in total. The molecule has 0 aromatic heterocycles. The van der Waals surface area contributed by atoms with Gasteiger partial charge in [0.25, 0.3) is 0 Å². The molecule has 0 amide bonds. The van der Waals surface area contributed by atoms with E-state index < -0.39 is 0 Å². The van der Waals surface area contributed by atoms with E-state index in [1.807, 2.05) is 0 Å². The Bertz CT molecular complexity index is 2910. The van der Waals surface area contributed by atoms with Crippen LogP contribution in [0.2, 0.25) is 0 Å². The highest BCUT2D eigenvalue weighted by atomic mass is 15.1. The summed E-state index contributed by atoms with van der Waals surface area (Å²) >= 11 is 0. The molecule has 1 aliphatic rings. The Morgan fingerprint density at radius 1 is 0.300 bits per heavy atom. The van der Waals surface area contributed by atoms with Crippen LogP contribution in [0, 0.1) is 6.92 Å². The lowest BCUT2D eigenvalue weighted by molar-refractivity contribution is 0.660. The molecule has 10 rings (SSSR count). The minimum Gasteiger partial charge on any atom is -0.310 e. The molecule has 2 heteroatoms. The summed E-state index contributed by atoms with van der Waals surface area (Å²) in [5.74, 6) is 0. The molecule has 288 valence electrons. The first-order valence-electron chi connectivity index (χ1n) is 20.8. The molecular formula is C58H46N2. The fourth-order valence-corrected chi connectivity index (χ4v) is 9.05. The fraction of sp³-hybridized carbons (Fsp3) is 0.0690. The Hall–Kier alpha value is -7.42. The Morgan fingerprint density at radius 2 is 0.700 bits per heavy atom. The molecule has 0 fully saturated rings. The number of aryl methyl sites for hydroxylation is 1. The molecule has 0 heterocycles. The fourth-order valence-electron chi connectivity index (χ4n) is 9.05. The van der Waals surface area contributed by atoms with E-state index in [2.05, 4.69) is 255 Å². The number of benzene rings is 9. The quantitative estimate of drug-likeness (QED) is 0.144. The highest BCUT2D eigenvalue weighted by molar-refractivity contribution is 5.88. The van der Waals surface area contributed by atoms with Gasteiger partial charge < -0.3 is 9.80 Å². The van der Waals surface area contributed by atoms with Crippen LogP contribution in [-0.2, 0) is 5.41 Å². The summed E-state index contributed by atoms with van der Waals surface area (Å²) in [7, 11) is 0. The minimum absolute atomic E-state index is 0.0485. The SMILES string of the molecule is Cc1cc(-c2ccc(N(c3ccc(-c4ccccc4)cc3)c3ccc4c(c3)-c3ccccc3C4(C)C)cc2)ccc1N(c1ccccc1)c1ccc(-c2ccccc2)cc1. The zero-order valence-corrected chi connectivity index (χ0v) is 34.3. The predicted octanol–water partition coefficient (Wildman–Crippen LogP) is 16.2. The van der Waals surface area contributed by atoms with Crippen LogP contribution in [0.5, 0.6) is 0 Å². The van der Waals surface area contributed by atoms with E-state index in [1.54, 1.807) is 0 Å². The molecule has 0 spiro atoms. The average Bonchev–Trinajstić information content (AvgIpc) is 3.54. The lowest BCUT2D eigenvalue weighted by atomic mass is 9.82. The molecular weight excluding hydrogens is 725 g/mol. The topological polar surface area (TPSA) is 6.48 Å². The van der Waals surface area contributed by atoms with Crippen molar-refractivity contribution in [2.24, 2.45) is 0 Å². The van der Waals surface area contributed by atoms with Crippen LogP contribution in [0.3, 0.4) is 0 Å². The van der Waals surface area contributed by atoms with Crippen molar-refractivity contribution >= 4 is 34.1 Å². The molecule has 0 aliphatic heterocycles. The summed E-state index contributed by atoms with van der Waals surface area (Å²) in [5, 5.41) is 0. The van der Waals surface area contributed by atoms with E-state index in [4.69, 9.17) is 0 Å². The highest BCUT2D eigenvalue weighted by Gasteiger charge is 2.35. The van der Waals surface area contributed by atoms with Crippen molar-refractivity contribution in [2.75, 3.05) is 9.80 Å². The standard InChI is InChI=1S/C58H46N2/c1-41-39-47(29-38-57(41)60(48-19-11-6-12-20-48)51-34-25-45(26-35-51)43-17-9-5-10-18-43)46-27-32-50(33-28-46)59(49-30-23-44(24-31-49)42-15-7-4-8-16-42)52-36-37-56-54(40-52)53-21-13-14-22-55(53)58(56,2)3/h4-40H,1-3H3. The molecule has 0 radical (unpaired) electrons. The van der Waals surface area contributed by atoms with E-state index >= 15 is 0 Å². The van der Waals surface area contributed by atoms with Crippen molar-refractivity contribution in [3.05, 3.63) is 241 Å². The molecule has 9 aromatic rings. The number of nitrogens with zero attached hydrogens (tertiary/aromatic N) is 2. The van der Waals surface area contributed by atoms with Crippen molar-refractivity contribution < 1.29 is 0 Å². The summed E-state index contributed by atoms with van der Waals surface area (Å²) in [4.78, 5) is 4.75. The summed E-state index contributed by atoms with van der Waals surface area (Å²) in [6.45, 7) is 6.90. The van der Waals surface area contributed by atoms with Crippen LogP contribution in [0.1, 0.15) is 30.5 Å². The second kappa shape index (κ2) is 15.4. The third-order valence-corrected chi connectivity index (χ3v) is 12.2. The molecule has 60 heavy (non-hydrogen) atoms. The van der Waals surface area contributed by atoms with Gasteiger partial charge in [-0.1, -0.05) is 166 Å². The smallest absolute Gasteiger partial charge is 0.0491 e. The van der Waals surface area contributed by atoms with Gasteiger partial charge in [0.05, 0.1) is 0 Å². The first kappa shape index (κ1) is 36.9. The minimum atomic E-state index is -0.0485. The zero-order chi connectivity index (χ0) is 40.6. The summed E-state index contributed by atoms with van der Waals surface area (Å²) in [6.07, 6.45) is 0. The van der Waals surface area contributed by atoms with Gasteiger partial charge in [-0.05, 0) is 141 Å². The van der Waals surface area contributed by atoms with E-state index in [-0.39, 0.29) is 5.41 Å². The molecule has 2 nitrogen and oxygen atoms in total. The van der Waals surface area contributed by atoms with Crippen molar-refractivity contribution in [1.82, 2.24) is 0 Å². The third kappa shape index (κ3) is 6.76. The summed E-state index contributed by atoms with van der Waals surface area (Å²) in [5.41, 5.74) is 20.5. The average molecular weight is 771 g/mol. The number of fused-ring (bicyclic) bond motifs is 3. The van der Waals surface area contributed by atoms with Gasteiger partial charge in [0, 0.05) is 39.5 Å². The molecule has 9 aromatic carbocycles. The molecule has 0 atom stereocenters. The van der Waals surface area contributed by atoms with Crippen molar-refractivity contribution in [2.45, 2.75) is 26.2 Å². The van der Waals surface area contributed by atoms with Gasteiger partial charge in [-0.2, -0.15) is 0 Å². The molecule has 0 saturated carbocycles. The van der Waals surface area contributed by atoms with Gasteiger partial charge in [0.2, 0.25) is 0 Å². The van der Waals surface area contributed by atoms with Gasteiger partial charge in [-0.15, -0.1) is 0 Å². The third-order valence-electron chi connectivity index (χ3n) is 12.2. The second-order valence-electron chi connectivity index (χ2n) is 16.3. The number of para-hydroxylation sites is 1. The van der Waals surface area contributed by atoms with E-state index in [0.717, 1.165) is 34.1 Å². The maximum absolute atomic E-state index is 2.39. The highest BCUT2D eigenvalue weighted by Crippen LogP contribution is 2.51. The normalized spacial score (nSPS) is 12.4. The monoisotopic (exact) mass is 770 g/mol. The van der Waals surface area contributed by atoms with Crippen LogP contribution >= 0.6 is 0 Å². The van der Waals surface area contributed by atoms with Crippen molar-refractivity contribution in [3.8, 4) is 44.5 Å². The van der Waals surface area contributed by atoms with Gasteiger partial charge in [-0.25, -0.2) is 0 Å². The summed E-state index contributed by atoms with van der Waals surface area (Å²) < 4.78 is 0. The lowest BCUT2D eigenvalue weighted by Crippen LogP contribution is -2.15. The Balaban J connectivity index is 1.00. The maximum atomic E-state index is 2.39. The van der Waals surface area contributed by atoms with Gasteiger partial charge in [-0.3, -0.25) is 0 Å². The van der Waals surface area contributed by atoms with Crippen molar-refractivity contribution in [3.63, 3.8) is 0 Å². The first-order chi connectivity index (χ1) is 29.4. The van der Waals surface area contributed by atoms with Crippen LogP contribution in [0.4, 0.5) is 34.1 Å². The number of hydrogen-bond acceptors (Lipinski definition) is 2. The van der Waals surface area contributed by atoms with Crippen LogP contribution in [0.25, 0.3) is 44.5 Å². The molecule has 0 saturated heterocycles. The second-order valence-corrected chi connectivity index (χ2v) is 16.3. The molecule has 0 bridgehead atoms. The van der Waals surface area contributed by atoms with Gasteiger partial charge in [0.1, 0.15) is 0 Å². The van der Waals surface area contributed by atoms with E-state index in [0.29, 0.717) is 0 Å². The van der Waals surface area contributed by atoms with Crippen LogP contribution in [-0.4, -0.2) is 0 Å². The molecule has 1 aliphatic carbocycles. The zero-order valence-electron chi connectivity index (χ0n) is 34.3. The van der Waals surface area contributed by atoms with Crippen LogP contribution < -0.4 is 9.80 Å². The van der Waals surface area contributed by atoms with Gasteiger partial charge in [0.15, 0.2) is 0 Å². The number of hydrogen-bond donors (Lipinski definition) is 0. The van der Waals surface area contributed by atoms with E-state index in [1.165, 1.54) is 61.2 Å². The van der Waals surface area contributed by atoms with E-state index in [9.17, 15) is 0 Å². The predicted molar refractivity (Wildman–Crippen MR) is 254 cm³/mol. The first-order valence-corrected chi connectivity index (χ1v) is 20.8. The Kier molecular flexibility index (Phi) is 9.47. The number of anilines is 6. The lowest BCUT2D eigenvalue weighted by Gasteiger charge is -2.28. The Labute approximate surface area is 354 Å². The van der Waals surface area contributed by atoms with Gasteiger partial charge >= 0.3 is 0 Å². The summed E-state index contributed by atoms with van der Waals surface area (Å²) in [6, 6.07) is 81.4.